The van der Waals surface area contributed by atoms with Gasteiger partial charge in [0, 0.05) is 11.4 Å². The number of aryl methyl sites for hydroxylation is 1. The van der Waals surface area contributed by atoms with Gasteiger partial charge in [0.05, 0.1) is 6.54 Å². The van der Waals surface area contributed by atoms with Crippen molar-refractivity contribution < 1.29 is 14.3 Å². The quantitative estimate of drug-likeness (QED) is 0.798. The van der Waals surface area contributed by atoms with Crippen molar-refractivity contribution in [3.63, 3.8) is 0 Å². The van der Waals surface area contributed by atoms with Gasteiger partial charge in [0.1, 0.15) is 11.4 Å². The Bertz CT molecular complexity index is 669. The van der Waals surface area contributed by atoms with Gasteiger partial charge in [-0.15, -0.1) is 0 Å². The Labute approximate surface area is 146 Å². The van der Waals surface area contributed by atoms with Gasteiger partial charge in [-0.1, -0.05) is 35.9 Å². The van der Waals surface area contributed by atoms with Gasteiger partial charge in [-0.3, -0.25) is 4.79 Å². The highest BCUT2D eigenvalue weighted by Gasteiger charge is 2.23. The van der Waals surface area contributed by atoms with Crippen LogP contribution in [0.1, 0.15) is 30.9 Å². The Morgan fingerprint density at radius 3 is 2.42 bits per heavy atom. The van der Waals surface area contributed by atoms with Crippen LogP contribution in [0, 0.1) is 5.82 Å². The number of rotatable bonds is 7. The zero-order valence-electron chi connectivity index (χ0n) is 13.6. The maximum absolute atomic E-state index is 12.8. The average Bonchev–Trinajstić information content (AvgIpc) is 2.55. The predicted molar refractivity (Wildman–Crippen MR) is 93.4 cm³/mol. The number of hydrogen-bond donors (Lipinski definition) is 2. The molecule has 2 rings (SSSR count). The first-order valence-electron chi connectivity index (χ1n) is 7.86. The lowest BCUT2D eigenvalue weighted by Gasteiger charge is -2.24. The molecule has 2 aromatic carbocycles. The third kappa shape index (κ3) is 5.62. The van der Waals surface area contributed by atoms with Gasteiger partial charge < -0.3 is 10.4 Å². The fourth-order valence-electron chi connectivity index (χ4n) is 2.37. The first-order valence-corrected chi connectivity index (χ1v) is 8.24. The largest absolute Gasteiger partial charge is 0.384 e. The molecular weight excluding hydrogens is 329 g/mol. The second kappa shape index (κ2) is 8.27. The number of amides is 1. The van der Waals surface area contributed by atoms with E-state index in [2.05, 4.69) is 5.32 Å². The monoisotopic (exact) mass is 349 g/mol. The van der Waals surface area contributed by atoms with Crippen molar-refractivity contribution in [2.75, 3.05) is 6.54 Å². The summed E-state index contributed by atoms with van der Waals surface area (Å²) < 4.78 is 12.8. The van der Waals surface area contributed by atoms with E-state index in [1.54, 1.807) is 43.3 Å². The van der Waals surface area contributed by atoms with Crippen LogP contribution in [-0.2, 0) is 16.8 Å². The van der Waals surface area contributed by atoms with Gasteiger partial charge >= 0.3 is 0 Å². The van der Waals surface area contributed by atoms with Crippen LogP contribution in [0.5, 0.6) is 0 Å². The first kappa shape index (κ1) is 18.4. The van der Waals surface area contributed by atoms with Crippen LogP contribution in [0.4, 0.5) is 4.39 Å². The Balaban J connectivity index is 1.75. The van der Waals surface area contributed by atoms with Gasteiger partial charge in [0.25, 0.3) is 0 Å². The Hall–Kier alpha value is -1.91. The van der Waals surface area contributed by atoms with Crippen molar-refractivity contribution in [2.45, 2.75) is 31.8 Å². The van der Waals surface area contributed by atoms with Crippen LogP contribution in [-0.4, -0.2) is 17.6 Å². The van der Waals surface area contributed by atoms with Crippen molar-refractivity contribution in [1.82, 2.24) is 5.32 Å². The zero-order chi connectivity index (χ0) is 17.6. The fraction of sp³-hybridized carbons (Fsp3) is 0.316. The Kier molecular flexibility index (Phi) is 6.35. The molecule has 0 spiro atoms. The molecule has 0 aromatic heterocycles. The minimum absolute atomic E-state index is 0.119. The number of carbonyl (C=O) groups is 1. The molecule has 0 aliphatic carbocycles. The fourth-order valence-corrected chi connectivity index (χ4v) is 2.50. The van der Waals surface area contributed by atoms with Crippen LogP contribution in [0.15, 0.2) is 48.5 Å². The lowest BCUT2D eigenvalue weighted by atomic mass is 9.96. The number of aliphatic hydroxyl groups is 1. The summed E-state index contributed by atoms with van der Waals surface area (Å²) in [6.07, 6.45) is 1.73. The highest BCUT2D eigenvalue weighted by atomic mass is 35.5. The molecule has 0 bridgehead atoms. The van der Waals surface area contributed by atoms with Crippen LogP contribution < -0.4 is 5.32 Å². The van der Waals surface area contributed by atoms with Gasteiger partial charge in [0.2, 0.25) is 5.91 Å². The van der Waals surface area contributed by atoms with Crippen LogP contribution in [0.2, 0.25) is 5.02 Å². The van der Waals surface area contributed by atoms with E-state index in [4.69, 9.17) is 11.6 Å². The van der Waals surface area contributed by atoms with E-state index < -0.39 is 5.60 Å². The minimum atomic E-state index is -1.16. The lowest BCUT2D eigenvalue weighted by molar-refractivity contribution is -0.122. The second-order valence-electron chi connectivity index (χ2n) is 6.04. The minimum Gasteiger partial charge on any atom is -0.384 e. The summed E-state index contributed by atoms with van der Waals surface area (Å²) in [5.41, 5.74) is 0.535. The molecule has 24 heavy (non-hydrogen) atoms. The average molecular weight is 350 g/mol. The molecule has 1 atom stereocenters. The van der Waals surface area contributed by atoms with E-state index in [1.165, 1.54) is 12.1 Å². The van der Waals surface area contributed by atoms with Crippen LogP contribution in [0.25, 0.3) is 0 Å². The summed E-state index contributed by atoms with van der Waals surface area (Å²) in [7, 11) is 0. The van der Waals surface area contributed by atoms with Gasteiger partial charge in [0.15, 0.2) is 0 Å². The number of nitrogens with one attached hydrogen (secondary N) is 1. The van der Waals surface area contributed by atoms with E-state index in [1.807, 2.05) is 0 Å². The molecule has 1 amide bonds. The normalized spacial score (nSPS) is 13.3. The molecule has 0 saturated carbocycles. The van der Waals surface area contributed by atoms with Crippen molar-refractivity contribution in [3.8, 4) is 0 Å². The maximum atomic E-state index is 12.8. The van der Waals surface area contributed by atoms with Gasteiger partial charge in [-0.25, -0.2) is 4.39 Å². The van der Waals surface area contributed by atoms with Crippen LogP contribution >= 0.6 is 11.6 Å². The SMILES string of the molecule is CC(O)(CNC(=O)CCCc1ccc(F)cc1)c1ccc(Cl)cc1. The molecule has 2 N–H and O–H groups in total. The van der Waals surface area contributed by atoms with E-state index in [0.717, 1.165) is 5.56 Å². The van der Waals surface area contributed by atoms with E-state index in [0.29, 0.717) is 29.8 Å². The van der Waals surface area contributed by atoms with Gasteiger partial charge in [-0.05, 0) is 55.2 Å². The summed E-state index contributed by atoms with van der Waals surface area (Å²) >= 11 is 5.83. The summed E-state index contributed by atoms with van der Waals surface area (Å²) in [5, 5.41) is 13.8. The van der Waals surface area contributed by atoms with Crippen molar-refractivity contribution in [3.05, 3.63) is 70.5 Å². The molecule has 2 aromatic rings. The smallest absolute Gasteiger partial charge is 0.220 e. The zero-order valence-corrected chi connectivity index (χ0v) is 14.3. The standard InChI is InChI=1S/C19H21ClFNO2/c1-19(24,15-7-9-16(20)10-8-15)13-22-18(23)4-2-3-14-5-11-17(21)12-6-14/h5-12,24H,2-4,13H2,1H3,(H,22,23). The highest BCUT2D eigenvalue weighted by Crippen LogP contribution is 2.21. The number of hydrogen-bond acceptors (Lipinski definition) is 2. The maximum Gasteiger partial charge on any atom is 0.220 e. The molecular formula is C19H21ClFNO2. The highest BCUT2D eigenvalue weighted by molar-refractivity contribution is 6.30. The molecule has 5 heteroatoms. The molecule has 1 unspecified atom stereocenters. The second-order valence-corrected chi connectivity index (χ2v) is 6.47. The molecule has 128 valence electrons. The number of carbonyl (C=O) groups excluding carboxylic acids is 1. The first-order chi connectivity index (χ1) is 11.4. The van der Waals surface area contributed by atoms with Crippen molar-refractivity contribution >= 4 is 17.5 Å². The van der Waals surface area contributed by atoms with Crippen molar-refractivity contribution in [2.24, 2.45) is 0 Å². The number of halogens is 2. The molecule has 3 nitrogen and oxygen atoms in total. The summed E-state index contributed by atoms with van der Waals surface area (Å²) in [4.78, 5) is 11.9. The van der Waals surface area contributed by atoms with E-state index >= 15 is 0 Å². The summed E-state index contributed by atoms with van der Waals surface area (Å²) in [6.45, 7) is 1.78. The summed E-state index contributed by atoms with van der Waals surface area (Å²) in [6, 6.07) is 13.2. The predicted octanol–water partition coefficient (Wildman–Crippen LogP) is 3.83. The molecule has 0 fully saturated rings. The number of benzene rings is 2. The van der Waals surface area contributed by atoms with E-state index in [9.17, 15) is 14.3 Å². The summed E-state index contributed by atoms with van der Waals surface area (Å²) in [5.74, 6) is -0.382. The van der Waals surface area contributed by atoms with E-state index in [-0.39, 0.29) is 18.3 Å². The Morgan fingerprint density at radius 2 is 1.79 bits per heavy atom. The molecule has 0 saturated heterocycles. The van der Waals surface area contributed by atoms with Crippen LogP contribution in [0.3, 0.4) is 0 Å². The lowest BCUT2D eigenvalue weighted by Crippen LogP contribution is -2.38. The molecule has 0 radical (unpaired) electrons. The topological polar surface area (TPSA) is 49.3 Å². The Morgan fingerprint density at radius 1 is 1.17 bits per heavy atom. The third-order valence-electron chi connectivity index (χ3n) is 3.88. The molecule has 0 aliphatic heterocycles. The molecule has 0 aliphatic rings. The molecule has 0 heterocycles. The van der Waals surface area contributed by atoms with Crippen molar-refractivity contribution in [1.29, 1.82) is 0 Å². The van der Waals surface area contributed by atoms with Gasteiger partial charge in [-0.2, -0.15) is 0 Å². The third-order valence-corrected chi connectivity index (χ3v) is 4.13.